The van der Waals surface area contributed by atoms with Crippen molar-refractivity contribution in [1.82, 2.24) is 14.7 Å². The predicted octanol–water partition coefficient (Wildman–Crippen LogP) is 1.33. The number of aliphatic hydroxyl groups excluding tert-OH is 1. The normalized spacial score (nSPS) is 18.4. The van der Waals surface area contributed by atoms with Crippen LogP contribution in [0.3, 0.4) is 0 Å². The molecule has 1 aromatic heterocycles. The second-order valence-corrected chi connectivity index (χ2v) is 5.07. The standard InChI is InChI=1S/C15H17N3O2/c19-11-12-6-8-17(10-12)15(20)14-7-9-18(16-14)13-4-2-1-3-5-13/h1-5,7,9,12,19H,6,8,10-11H2. The Balaban J connectivity index is 1.76. The first-order valence-corrected chi connectivity index (χ1v) is 6.79. The third-order valence-electron chi connectivity index (χ3n) is 3.66. The molecule has 1 atom stereocenters. The zero-order valence-electron chi connectivity index (χ0n) is 11.1. The highest BCUT2D eigenvalue weighted by atomic mass is 16.3. The average molecular weight is 271 g/mol. The van der Waals surface area contributed by atoms with Crippen LogP contribution in [-0.2, 0) is 0 Å². The molecule has 20 heavy (non-hydrogen) atoms. The van der Waals surface area contributed by atoms with E-state index in [-0.39, 0.29) is 18.4 Å². The van der Waals surface area contributed by atoms with Gasteiger partial charge in [0.05, 0.1) is 5.69 Å². The van der Waals surface area contributed by atoms with Gasteiger partial charge in [-0.3, -0.25) is 4.79 Å². The van der Waals surface area contributed by atoms with Crippen molar-refractivity contribution in [2.45, 2.75) is 6.42 Å². The molecule has 1 saturated heterocycles. The Labute approximate surface area is 117 Å². The molecule has 2 aromatic rings. The molecule has 0 radical (unpaired) electrons. The lowest BCUT2D eigenvalue weighted by Crippen LogP contribution is -2.29. The second kappa shape index (κ2) is 5.46. The minimum absolute atomic E-state index is 0.0596. The first-order valence-electron chi connectivity index (χ1n) is 6.79. The third-order valence-corrected chi connectivity index (χ3v) is 3.66. The Morgan fingerprint density at radius 1 is 1.30 bits per heavy atom. The van der Waals surface area contributed by atoms with E-state index in [2.05, 4.69) is 5.10 Å². The lowest BCUT2D eigenvalue weighted by molar-refractivity contribution is 0.0775. The number of benzene rings is 1. The molecule has 0 saturated carbocycles. The number of carbonyl (C=O) groups is 1. The summed E-state index contributed by atoms with van der Waals surface area (Å²) in [4.78, 5) is 14.1. The van der Waals surface area contributed by atoms with E-state index in [9.17, 15) is 4.79 Å². The number of rotatable bonds is 3. The lowest BCUT2D eigenvalue weighted by Gasteiger charge is -2.14. The number of nitrogens with zero attached hydrogens (tertiary/aromatic N) is 3. The van der Waals surface area contributed by atoms with Gasteiger partial charge in [-0.15, -0.1) is 0 Å². The topological polar surface area (TPSA) is 58.4 Å². The summed E-state index contributed by atoms with van der Waals surface area (Å²) in [6.07, 6.45) is 2.66. The molecule has 0 bridgehead atoms. The SMILES string of the molecule is O=C(c1ccn(-c2ccccc2)n1)N1CCC(CO)C1. The number of aliphatic hydroxyl groups is 1. The van der Waals surface area contributed by atoms with Gasteiger partial charge in [0.15, 0.2) is 5.69 Å². The fraction of sp³-hybridized carbons (Fsp3) is 0.333. The van der Waals surface area contributed by atoms with Gasteiger partial charge in [0.1, 0.15) is 0 Å². The van der Waals surface area contributed by atoms with Crippen LogP contribution in [0.4, 0.5) is 0 Å². The van der Waals surface area contributed by atoms with E-state index in [0.717, 1.165) is 12.1 Å². The maximum atomic E-state index is 12.3. The number of hydrogen-bond acceptors (Lipinski definition) is 3. The molecule has 0 aliphatic carbocycles. The van der Waals surface area contributed by atoms with Crippen molar-refractivity contribution >= 4 is 5.91 Å². The second-order valence-electron chi connectivity index (χ2n) is 5.07. The minimum Gasteiger partial charge on any atom is -0.396 e. The van der Waals surface area contributed by atoms with Crippen LogP contribution in [0.5, 0.6) is 0 Å². The smallest absolute Gasteiger partial charge is 0.274 e. The molecule has 2 heterocycles. The van der Waals surface area contributed by atoms with Crippen LogP contribution in [0.1, 0.15) is 16.9 Å². The number of aromatic nitrogens is 2. The van der Waals surface area contributed by atoms with E-state index in [0.29, 0.717) is 18.8 Å². The van der Waals surface area contributed by atoms with Gasteiger partial charge in [-0.1, -0.05) is 18.2 Å². The first kappa shape index (κ1) is 12.9. The van der Waals surface area contributed by atoms with Gasteiger partial charge in [0, 0.05) is 31.8 Å². The highest BCUT2D eigenvalue weighted by Crippen LogP contribution is 2.18. The Bertz CT molecular complexity index is 594. The maximum Gasteiger partial charge on any atom is 0.274 e. The maximum absolute atomic E-state index is 12.3. The Kier molecular flexibility index (Phi) is 3.52. The Morgan fingerprint density at radius 2 is 2.10 bits per heavy atom. The average Bonchev–Trinajstić information content (AvgIpc) is 3.17. The van der Waals surface area contributed by atoms with E-state index >= 15 is 0 Å². The molecule has 1 amide bonds. The fourth-order valence-corrected chi connectivity index (χ4v) is 2.49. The van der Waals surface area contributed by atoms with E-state index in [4.69, 9.17) is 5.11 Å². The van der Waals surface area contributed by atoms with Crippen molar-refractivity contribution in [2.24, 2.45) is 5.92 Å². The van der Waals surface area contributed by atoms with Crippen molar-refractivity contribution in [3.05, 3.63) is 48.3 Å². The molecule has 1 N–H and O–H groups in total. The van der Waals surface area contributed by atoms with Gasteiger partial charge in [-0.25, -0.2) is 4.68 Å². The van der Waals surface area contributed by atoms with Gasteiger partial charge in [0.25, 0.3) is 5.91 Å². The summed E-state index contributed by atoms with van der Waals surface area (Å²) in [5, 5.41) is 13.5. The van der Waals surface area contributed by atoms with Crippen LogP contribution in [0.2, 0.25) is 0 Å². The molecule has 5 nitrogen and oxygen atoms in total. The highest BCUT2D eigenvalue weighted by molar-refractivity contribution is 5.92. The summed E-state index contributed by atoms with van der Waals surface area (Å²) in [5.74, 6) is 0.144. The number of carbonyl (C=O) groups excluding carboxylic acids is 1. The monoisotopic (exact) mass is 271 g/mol. The van der Waals surface area contributed by atoms with Crippen LogP contribution in [0.25, 0.3) is 5.69 Å². The molecular formula is C15H17N3O2. The lowest BCUT2D eigenvalue weighted by atomic mass is 10.1. The number of likely N-dealkylation sites (tertiary alicyclic amines) is 1. The van der Waals surface area contributed by atoms with Crippen molar-refractivity contribution in [1.29, 1.82) is 0 Å². The molecule has 1 aromatic carbocycles. The van der Waals surface area contributed by atoms with Gasteiger partial charge in [0.2, 0.25) is 0 Å². The van der Waals surface area contributed by atoms with E-state index in [1.165, 1.54) is 0 Å². The largest absolute Gasteiger partial charge is 0.396 e. The molecule has 3 rings (SSSR count). The summed E-state index contributed by atoms with van der Waals surface area (Å²) in [6, 6.07) is 11.4. The van der Waals surface area contributed by atoms with E-state index in [1.807, 2.05) is 30.3 Å². The molecule has 1 aliphatic rings. The predicted molar refractivity (Wildman–Crippen MR) is 74.7 cm³/mol. The van der Waals surface area contributed by atoms with Crippen molar-refractivity contribution in [3.63, 3.8) is 0 Å². The Hall–Kier alpha value is -2.14. The summed E-state index contributed by atoms with van der Waals surface area (Å²) in [7, 11) is 0. The van der Waals surface area contributed by atoms with Crippen LogP contribution in [0.15, 0.2) is 42.6 Å². The molecule has 5 heteroatoms. The van der Waals surface area contributed by atoms with Crippen molar-refractivity contribution < 1.29 is 9.90 Å². The van der Waals surface area contributed by atoms with Crippen LogP contribution < -0.4 is 0 Å². The zero-order valence-corrected chi connectivity index (χ0v) is 11.1. The molecule has 0 spiro atoms. The first-order chi connectivity index (χ1) is 9.78. The van der Waals surface area contributed by atoms with Crippen LogP contribution >= 0.6 is 0 Å². The van der Waals surface area contributed by atoms with Gasteiger partial charge < -0.3 is 10.0 Å². The summed E-state index contributed by atoms with van der Waals surface area (Å²) in [6.45, 7) is 1.46. The summed E-state index contributed by atoms with van der Waals surface area (Å²) < 4.78 is 1.70. The fourth-order valence-electron chi connectivity index (χ4n) is 2.49. The number of hydrogen-bond donors (Lipinski definition) is 1. The van der Waals surface area contributed by atoms with Crippen molar-refractivity contribution in [3.8, 4) is 5.69 Å². The molecule has 104 valence electrons. The van der Waals surface area contributed by atoms with Gasteiger partial charge in [-0.2, -0.15) is 5.10 Å². The van der Waals surface area contributed by atoms with Crippen molar-refractivity contribution in [2.75, 3.05) is 19.7 Å². The van der Waals surface area contributed by atoms with Gasteiger partial charge >= 0.3 is 0 Å². The molecule has 1 aliphatic heterocycles. The Morgan fingerprint density at radius 3 is 2.80 bits per heavy atom. The number of amides is 1. The summed E-state index contributed by atoms with van der Waals surface area (Å²) in [5.41, 5.74) is 1.38. The van der Waals surface area contributed by atoms with Crippen LogP contribution in [0, 0.1) is 5.92 Å². The third kappa shape index (κ3) is 2.44. The minimum atomic E-state index is -0.0596. The molecule has 1 unspecified atom stereocenters. The highest BCUT2D eigenvalue weighted by Gasteiger charge is 2.27. The quantitative estimate of drug-likeness (QED) is 0.916. The van der Waals surface area contributed by atoms with E-state index in [1.54, 1.807) is 21.8 Å². The molecular weight excluding hydrogens is 254 g/mol. The van der Waals surface area contributed by atoms with Crippen LogP contribution in [-0.4, -0.2) is 45.4 Å². The zero-order chi connectivity index (χ0) is 13.9. The van der Waals surface area contributed by atoms with Gasteiger partial charge in [-0.05, 0) is 24.6 Å². The molecule has 1 fully saturated rings. The summed E-state index contributed by atoms with van der Waals surface area (Å²) >= 11 is 0. The number of para-hydroxylation sites is 1. The van der Waals surface area contributed by atoms with E-state index < -0.39 is 0 Å².